The van der Waals surface area contributed by atoms with Gasteiger partial charge in [0.15, 0.2) is 15.6 Å². The van der Waals surface area contributed by atoms with Crippen molar-refractivity contribution in [3.63, 3.8) is 0 Å². The lowest BCUT2D eigenvalue weighted by molar-refractivity contribution is -0.132. The van der Waals surface area contributed by atoms with E-state index >= 15 is 0 Å². The summed E-state index contributed by atoms with van der Waals surface area (Å²) in [5.41, 5.74) is 0.660. The number of benzene rings is 1. The SMILES string of the molecule is COc1ccc(C(=O)C2CCN(C(=O)CCS(=O)(=O)C3CCCC3)CC2)cc1. The second kappa shape index (κ2) is 9.07. The van der Waals surface area contributed by atoms with E-state index < -0.39 is 9.84 Å². The number of hydrogen-bond acceptors (Lipinski definition) is 5. The maximum atomic E-state index is 12.7. The number of carbonyl (C=O) groups is 2. The number of ketones is 1. The molecule has 1 heterocycles. The number of methoxy groups -OCH3 is 1. The molecule has 0 bridgehead atoms. The van der Waals surface area contributed by atoms with Crippen LogP contribution in [0.1, 0.15) is 55.3 Å². The molecule has 1 amide bonds. The minimum Gasteiger partial charge on any atom is -0.497 e. The Balaban J connectivity index is 1.47. The quantitative estimate of drug-likeness (QED) is 0.649. The highest BCUT2D eigenvalue weighted by Crippen LogP contribution is 2.26. The van der Waals surface area contributed by atoms with Gasteiger partial charge >= 0.3 is 0 Å². The third kappa shape index (κ3) is 4.93. The molecule has 1 aliphatic carbocycles. The van der Waals surface area contributed by atoms with Crippen molar-refractivity contribution in [1.82, 2.24) is 4.90 Å². The van der Waals surface area contributed by atoms with Crippen LogP contribution in [-0.4, -0.2) is 56.2 Å². The van der Waals surface area contributed by atoms with Gasteiger partial charge in [-0.2, -0.15) is 0 Å². The van der Waals surface area contributed by atoms with Crippen LogP contribution in [0, 0.1) is 5.92 Å². The first-order valence-corrected chi connectivity index (χ1v) is 11.8. The Bertz CT molecular complexity index is 789. The Labute approximate surface area is 167 Å². The number of amides is 1. The predicted molar refractivity (Wildman–Crippen MR) is 107 cm³/mol. The average Bonchev–Trinajstić information content (AvgIpc) is 3.28. The van der Waals surface area contributed by atoms with Gasteiger partial charge in [0.2, 0.25) is 5.91 Å². The number of likely N-dealkylation sites (tertiary alicyclic amines) is 1. The maximum Gasteiger partial charge on any atom is 0.223 e. The van der Waals surface area contributed by atoms with Crippen LogP contribution in [0.15, 0.2) is 24.3 Å². The number of nitrogens with zero attached hydrogens (tertiary/aromatic N) is 1. The summed E-state index contributed by atoms with van der Waals surface area (Å²) in [6.45, 7) is 1.02. The second-order valence-electron chi connectivity index (χ2n) is 7.77. The normalized spacial score (nSPS) is 19.0. The Morgan fingerprint density at radius 1 is 1.04 bits per heavy atom. The van der Waals surface area contributed by atoms with E-state index in [1.165, 1.54) is 0 Å². The van der Waals surface area contributed by atoms with Gasteiger partial charge in [-0.05, 0) is 49.9 Å². The molecule has 3 rings (SSSR count). The Hall–Kier alpha value is -1.89. The summed E-state index contributed by atoms with van der Waals surface area (Å²) >= 11 is 0. The molecule has 2 aliphatic rings. The highest BCUT2D eigenvalue weighted by Gasteiger charge is 2.31. The van der Waals surface area contributed by atoms with Crippen molar-refractivity contribution in [3.05, 3.63) is 29.8 Å². The maximum absolute atomic E-state index is 12.7. The zero-order valence-electron chi connectivity index (χ0n) is 16.4. The van der Waals surface area contributed by atoms with E-state index in [-0.39, 0.29) is 35.0 Å². The molecule has 0 N–H and O–H groups in total. The molecule has 0 aromatic heterocycles. The largest absolute Gasteiger partial charge is 0.497 e. The van der Waals surface area contributed by atoms with Gasteiger partial charge in [-0.3, -0.25) is 9.59 Å². The van der Waals surface area contributed by atoms with Crippen molar-refractivity contribution in [2.75, 3.05) is 26.0 Å². The summed E-state index contributed by atoms with van der Waals surface area (Å²) in [6.07, 6.45) is 4.68. The monoisotopic (exact) mass is 407 g/mol. The van der Waals surface area contributed by atoms with Crippen molar-refractivity contribution in [3.8, 4) is 5.75 Å². The molecule has 1 aliphatic heterocycles. The first-order valence-electron chi connectivity index (χ1n) is 10.1. The fraction of sp³-hybridized carbons (Fsp3) is 0.619. The highest BCUT2D eigenvalue weighted by molar-refractivity contribution is 7.92. The molecular weight excluding hydrogens is 378 g/mol. The fourth-order valence-electron chi connectivity index (χ4n) is 4.18. The highest BCUT2D eigenvalue weighted by atomic mass is 32.2. The number of piperidine rings is 1. The molecule has 0 radical (unpaired) electrons. The number of carbonyl (C=O) groups excluding carboxylic acids is 2. The fourth-order valence-corrected chi connectivity index (χ4v) is 6.03. The lowest BCUT2D eigenvalue weighted by Crippen LogP contribution is -2.41. The van der Waals surface area contributed by atoms with Gasteiger partial charge < -0.3 is 9.64 Å². The first-order chi connectivity index (χ1) is 13.4. The number of hydrogen-bond donors (Lipinski definition) is 0. The smallest absolute Gasteiger partial charge is 0.223 e. The number of Topliss-reactive ketones (excluding diaryl/α,β-unsaturated/α-hetero) is 1. The number of ether oxygens (including phenoxy) is 1. The van der Waals surface area contributed by atoms with Crippen LogP contribution in [-0.2, 0) is 14.6 Å². The summed E-state index contributed by atoms with van der Waals surface area (Å²) in [4.78, 5) is 26.8. The first kappa shape index (κ1) is 20.8. The minimum absolute atomic E-state index is 0.0515. The Morgan fingerprint density at radius 3 is 2.21 bits per heavy atom. The van der Waals surface area contributed by atoms with Crippen LogP contribution in [0.25, 0.3) is 0 Å². The van der Waals surface area contributed by atoms with Crippen LogP contribution >= 0.6 is 0 Å². The average molecular weight is 408 g/mol. The zero-order valence-corrected chi connectivity index (χ0v) is 17.2. The van der Waals surface area contributed by atoms with E-state index in [0.717, 1.165) is 25.7 Å². The molecule has 28 heavy (non-hydrogen) atoms. The van der Waals surface area contributed by atoms with Crippen LogP contribution in [0.4, 0.5) is 0 Å². The van der Waals surface area contributed by atoms with Gasteiger partial charge in [-0.15, -0.1) is 0 Å². The summed E-state index contributed by atoms with van der Waals surface area (Å²) in [5, 5.41) is -0.256. The van der Waals surface area contributed by atoms with Gasteiger partial charge in [0, 0.05) is 31.0 Å². The molecule has 1 saturated carbocycles. The summed E-state index contributed by atoms with van der Waals surface area (Å²) in [6, 6.07) is 7.09. The lowest BCUT2D eigenvalue weighted by atomic mass is 9.89. The van der Waals surface area contributed by atoms with Crippen molar-refractivity contribution in [1.29, 1.82) is 0 Å². The van der Waals surface area contributed by atoms with E-state index in [2.05, 4.69) is 0 Å². The molecule has 1 saturated heterocycles. The van der Waals surface area contributed by atoms with E-state index in [1.54, 1.807) is 36.3 Å². The number of sulfone groups is 1. The van der Waals surface area contributed by atoms with Crippen LogP contribution < -0.4 is 4.74 Å². The van der Waals surface area contributed by atoms with Crippen molar-refractivity contribution in [2.45, 2.75) is 50.2 Å². The third-order valence-corrected chi connectivity index (χ3v) is 8.26. The third-order valence-electron chi connectivity index (χ3n) is 6.00. The zero-order chi connectivity index (χ0) is 20.1. The van der Waals surface area contributed by atoms with Crippen molar-refractivity contribution >= 4 is 21.5 Å². The van der Waals surface area contributed by atoms with E-state index in [4.69, 9.17) is 4.74 Å². The molecule has 154 valence electrons. The van der Waals surface area contributed by atoms with E-state index in [0.29, 0.717) is 37.2 Å². The second-order valence-corrected chi connectivity index (χ2v) is 10.2. The molecule has 0 unspecified atom stereocenters. The Kier molecular flexibility index (Phi) is 6.75. The van der Waals surface area contributed by atoms with Gasteiger partial charge in [-0.25, -0.2) is 8.42 Å². The van der Waals surface area contributed by atoms with Crippen molar-refractivity contribution in [2.24, 2.45) is 5.92 Å². The minimum atomic E-state index is -3.17. The molecule has 0 atom stereocenters. The summed E-state index contributed by atoms with van der Waals surface area (Å²) in [7, 11) is -1.59. The topological polar surface area (TPSA) is 80.8 Å². The van der Waals surface area contributed by atoms with Gasteiger partial charge in [0.1, 0.15) is 5.75 Å². The van der Waals surface area contributed by atoms with Crippen molar-refractivity contribution < 1.29 is 22.7 Å². The van der Waals surface area contributed by atoms with Gasteiger partial charge in [-0.1, -0.05) is 12.8 Å². The number of rotatable bonds is 7. The molecule has 7 heteroatoms. The summed E-state index contributed by atoms with van der Waals surface area (Å²) < 4.78 is 29.8. The van der Waals surface area contributed by atoms with E-state index in [9.17, 15) is 18.0 Å². The van der Waals surface area contributed by atoms with Crippen LogP contribution in [0.3, 0.4) is 0 Å². The van der Waals surface area contributed by atoms with E-state index in [1.807, 2.05) is 0 Å². The molecule has 1 aromatic rings. The molecule has 0 spiro atoms. The predicted octanol–water partition coefficient (Wildman–Crippen LogP) is 2.86. The molecule has 6 nitrogen and oxygen atoms in total. The van der Waals surface area contributed by atoms with Gasteiger partial charge in [0.05, 0.1) is 18.1 Å². The Morgan fingerprint density at radius 2 is 1.64 bits per heavy atom. The lowest BCUT2D eigenvalue weighted by Gasteiger charge is -2.31. The molecule has 2 fully saturated rings. The van der Waals surface area contributed by atoms with Crippen LogP contribution in [0.5, 0.6) is 5.75 Å². The van der Waals surface area contributed by atoms with Gasteiger partial charge in [0.25, 0.3) is 0 Å². The molecular formula is C21H29NO5S. The standard InChI is InChI=1S/C21H29NO5S/c1-27-18-8-6-16(7-9-18)21(24)17-10-13-22(14-11-17)20(23)12-15-28(25,26)19-4-2-3-5-19/h6-9,17,19H,2-5,10-15H2,1H3. The van der Waals surface area contributed by atoms with Crippen LogP contribution in [0.2, 0.25) is 0 Å². The summed E-state index contributed by atoms with van der Waals surface area (Å²) in [5.74, 6) is 0.543. The molecule has 1 aromatic carbocycles.